The highest BCUT2D eigenvalue weighted by atomic mass is 32.2. The predicted molar refractivity (Wildman–Crippen MR) is 125 cm³/mol. The fourth-order valence-electron chi connectivity index (χ4n) is 4.30. The van der Waals surface area contributed by atoms with E-state index in [1.165, 1.54) is 4.31 Å². The number of sulfonamides is 1. The quantitative estimate of drug-likeness (QED) is 0.619. The molecule has 1 amide bonds. The Balaban J connectivity index is 1.55. The Morgan fingerprint density at radius 2 is 1.74 bits per heavy atom. The molecule has 34 heavy (non-hydrogen) atoms. The number of piperidine rings is 1. The van der Waals surface area contributed by atoms with Crippen molar-refractivity contribution in [1.29, 1.82) is 5.26 Å². The van der Waals surface area contributed by atoms with Gasteiger partial charge in [0.1, 0.15) is 17.4 Å². The molecule has 1 aromatic heterocycles. The highest BCUT2D eigenvalue weighted by Crippen LogP contribution is 2.29. The van der Waals surface area contributed by atoms with E-state index in [0.717, 1.165) is 5.56 Å². The predicted octanol–water partition coefficient (Wildman–Crippen LogP) is 3.28. The van der Waals surface area contributed by atoms with E-state index in [-0.39, 0.29) is 24.5 Å². The van der Waals surface area contributed by atoms with Gasteiger partial charge >= 0.3 is 5.97 Å². The molecule has 0 bridgehead atoms. The molecule has 1 aliphatic rings. The number of benzene rings is 1. The molecular formula is C24H29N3O6S. The second kappa shape index (κ2) is 9.99. The Hall–Kier alpha value is -3.16. The van der Waals surface area contributed by atoms with Crippen LogP contribution in [0.15, 0.2) is 21.4 Å². The maximum absolute atomic E-state index is 13.2. The van der Waals surface area contributed by atoms with Gasteiger partial charge in [-0.3, -0.25) is 14.9 Å². The zero-order chi connectivity index (χ0) is 25.2. The molecule has 0 aliphatic carbocycles. The molecule has 1 aliphatic heterocycles. The minimum atomic E-state index is -3.68. The lowest BCUT2D eigenvalue weighted by Crippen LogP contribution is -2.41. The van der Waals surface area contributed by atoms with Crippen LogP contribution in [0.2, 0.25) is 0 Å². The second-order valence-electron chi connectivity index (χ2n) is 8.66. The van der Waals surface area contributed by atoms with Crippen molar-refractivity contribution in [3.05, 3.63) is 45.7 Å². The van der Waals surface area contributed by atoms with Crippen molar-refractivity contribution in [1.82, 2.24) is 4.31 Å². The van der Waals surface area contributed by atoms with Gasteiger partial charge in [0, 0.05) is 18.7 Å². The molecule has 10 heteroatoms. The minimum absolute atomic E-state index is 0.0266. The molecule has 0 saturated carbocycles. The van der Waals surface area contributed by atoms with E-state index in [2.05, 4.69) is 5.32 Å². The highest BCUT2D eigenvalue weighted by Gasteiger charge is 2.34. The normalized spacial score (nSPS) is 15.1. The number of amides is 1. The van der Waals surface area contributed by atoms with Crippen molar-refractivity contribution in [2.24, 2.45) is 5.92 Å². The lowest BCUT2D eigenvalue weighted by atomic mass is 9.98. The Morgan fingerprint density at radius 3 is 2.29 bits per heavy atom. The first-order chi connectivity index (χ1) is 15.9. The summed E-state index contributed by atoms with van der Waals surface area (Å²) in [5.74, 6) is -1.13. The molecule has 2 aromatic rings. The standard InChI is InChI=1S/C24H29N3O6S/c1-14-10-15(2)22(16(3)11-14)34(30,31)27-8-6-19(7-9-27)24(29)32-13-21(28)26-23-20(12-25)17(4)18(5)33-23/h10-11,19H,6-9,13H2,1-5H3,(H,26,28). The van der Waals surface area contributed by atoms with Crippen LogP contribution in [0, 0.1) is 51.9 Å². The second-order valence-corrected chi connectivity index (χ2v) is 10.5. The van der Waals surface area contributed by atoms with Crippen molar-refractivity contribution in [3.63, 3.8) is 0 Å². The third-order valence-corrected chi connectivity index (χ3v) is 8.29. The average Bonchev–Trinajstić information content (AvgIpc) is 3.03. The molecule has 1 saturated heterocycles. The molecule has 1 fully saturated rings. The van der Waals surface area contributed by atoms with Crippen LogP contribution in [-0.4, -0.2) is 44.3 Å². The SMILES string of the molecule is Cc1cc(C)c(S(=O)(=O)N2CCC(C(=O)OCC(=O)Nc3oc(C)c(C)c3C#N)CC2)c(C)c1. The Bertz CT molecular complexity index is 1240. The molecule has 1 N–H and O–H groups in total. The van der Waals surface area contributed by atoms with Crippen molar-refractivity contribution >= 4 is 27.8 Å². The first-order valence-corrected chi connectivity index (χ1v) is 12.4. The van der Waals surface area contributed by atoms with E-state index < -0.39 is 34.4 Å². The number of aryl methyl sites for hydroxylation is 4. The number of ether oxygens (including phenoxy) is 1. The number of anilines is 1. The number of nitrogens with one attached hydrogen (secondary N) is 1. The van der Waals surface area contributed by atoms with Crippen LogP contribution in [0.3, 0.4) is 0 Å². The van der Waals surface area contributed by atoms with Gasteiger partial charge in [0.25, 0.3) is 5.91 Å². The van der Waals surface area contributed by atoms with E-state index in [4.69, 9.17) is 9.15 Å². The molecule has 0 radical (unpaired) electrons. The number of carbonyl (C=O) groups is 2. The number of nitrogens with zero attached hydrogens (tertiary/aromatic N) is 2. The molecule has 1 aromatic carbocycles. The van der Waals surface area contributed by atoms with Crippen LogP contribution in [0.1, 0.15) is 46.4 Å². The molecule has 0 spiro atoms. The fraction of sp³-hybridized carbons (Fsp3) is 0.458. The van der Waals surface area contributed by atoms with Crippen LogP contribution in [0.5, 0.6) is 0 Å². The maximum atomic E-state index is 13.2. The van der Waals surface area contributed by atoms with Gasteiger partial charge in [-0.15, -0.1) is 0 Å². The zero-order valence-electron chi connectivity index (χ0n) is 20.0. The molecule has 0 unspecified atom stereocenters. The number of furan rings is 1. The van der Waals surface area contributed by atoms with Crippen LogP contribution >= 0.6 is 0 Å². The Kier molecular flexibility index (Phi) is 7.48. The van der Waals surface area contributed by atoms with Crippen molar-refractivity contribution in [2.75, 3.05) is 25.0 Å². The summed E-state index contributed by atoms with van der Waals surface area (Å²) in [6.45, 7) is 8.74. The lowest BCUT2D eigenvalue weighted by Gasteiger charge is -2.31. The van der Waals surface area contributed by atoms with E-state index >= 15 is 0 Å². The van der Waals surface area contributed by atoms with Gasteiger partial charge in [0.05, 0.1) is 10.8 Å². The summed E-state index contributed by atoms with van der Waals surface area (Å²) in [6.07, 6.45) is 0.609. The molecule has 2 heterocycles. The minimum Gasteiger partial charge on any atom is -0.455 e. The van der Waals surface area contributed by atoms with Crippen LogP contribution in [-0.2, 0) is 24.3 Å². The van der Waals surface area contributed by atoms with Gasteiger partial charge in [-0.1, -0.05) is 17.7 Å². The van der Waals surface area contributed by atoms with E-state index in [1.807, 2.05) is 25.1 Å². The van der Waals surface area contributed by atoms with Gasteiger partial charge in [-0.2, -0.15) is 9.57 Å². The molecule has 182 valence electrons. The van der Waals surface area contributed by atoms with Gasteiger partial charge in [0.2, 0.25) is 15.9 Å². The van der Waals surface area contributed by atoms with E-state index in [9.17, 15) is 23.3 Å². The number of esters is 1. The summed E-state index contributed by atoms with van der Waals surface area (Å²) in [6, 6.07) is 5.67. The summed E-state index contributed by atoms with van der Waals surface area (Å²) < 4.78 is 38.3. The van der Waals surface area contributed by atoms with Gasteiger partial charge in [0.15, 0.2) is 6.61 Å². The fourth-order valence-corrected chi connectivity index (χ4v) is 6.18. The lowest BCUT2D eigenvalue weighted by molar-refractivity contribution is -0.152. The van der Waals surface area contributed by atoms with Crippen molar-refractivity contribution in [3.8, 4) is 6.07 Å². The number of hydrogen-bond acceptors (Lipinski definition) is 7. The van der Waals surface area contributed by atoms with Crippen LogP contribution in [0.25, 0.3) is 0 Å². The summed E-state index contributed by atoms with van der Waals surface area (Å²) in [5.41, 5.74) is 3.26. The van der Waals surface area contributed by atoms with Crippen molar-refractivity contribution in [2.45, 2.75) is 52.4 Å². The first-order valence-electron chi connectivity index (χ1n) is 11.0. The van der Waals surface area contributed by atoms with E-state index in [0.29, 0.717) is 40.2 Å². The van der Waals surface area contributed by atoms with Crippen LogP contribution < -0.4 is 5.32 Å². The smallest absolute Gasteiger partial charge is 0.309 e. The summed E-state index contributed by atoms with van der Waals surface area (Å²) >= 11 is 0. The topological polar surface area (TPSA) is 130 Å². The zero-order valence-corrected chi connectivity index (χ0v) is 20.8. The van der Waals surface area contributed by atoms with Gasteiger partial charge in [-0.05, 0) is 58.6 Å². The molecule has 0 atom stereocenters. The largest absolute Gasteiger partial charge is 0.455 e. The summed E-state index contributed by atoms with van der Waals surface area (Å²) in [5, 5.41) is 11.7. The molecule has 9 nitrogen and oxygen atoms in total. The van der Waals surface area contributed by atoms with Gasteiger partial charge < -0.3 is 9.15 Å². The number of hydrogen-bond donors (Lipinski definition) is 1. The Morgan fingerprint density at radius 1 is 1.15 bits per heavy atom. The van der Waals surface area contributed by atoms with Gasteiger partial charge in [-0.25, -0.2) is 8.42 Å². The monoisotopic (exact) mass is 487 g/mol. The third-order valence-electron chi connectivity index (χ3n) is 6.09. The molecular weight excluding hydrogens is 458 g/mol. The highest BCUT2D eigenvalue weighted by molar-refractivity contribution is 7.89. The first kappa shape index (κ1) is 25.5. The maximum Gasteiger partial charge on any atom is 0.309 e. The number of rotatable bonds is 6. The summed E-state index contributed by atoms with van der Waals surface area (Å²) in [7, 11) is -3.68. The average molecular weight is 488 g/mol. The summed E-state index contributed by atoms with van der Waals surface area (Å²) in [4.78, 5) is 24.9. The molecule has 3 rings (SSSR count). The number of nitriles is 1. The Labute approximate surface area is 199 Å². The van der Waals surface area contributed by atoms with Crippen molar-refractivity contribution < 1.29 is 27.2 Å². The number of carbonyl (C=O) groups excluding carboxylic acids is 2. The van der Waals surface area contributed by atoms with E-state index in [1.54, 1.807) is 27.7 Å². The van der Waals surface area contributed by atoms with Crippen LogP contribution in [0.4, 0.5) is 5.88 Å². The third kappa shape index (κ3) is 5.16.